The number of ether oxygens (including phenoxy) is 2. The van der Waals surface area contributed by atoms with E-state index in [9.17, 15) is 5.11 Å². The quantitative estimate of drug-likeness (QED) is 0.904. The van der Waals surface area contributed by atoms with Crippen molar-refractivity contribution in [2.24, 2.45) is 0 Å². The summed E-state index contributed by atoms with van der Waals surface area (Å²) in [6.07, 6.45) is -0.934. The van der Waals surface area contributed by atoms with Gasteiger partial charge in [-0.15, -0.1) is 0 Å². The van der Waals surface area contributed by atoms with E-state index in [1.165, 1.54) is 14.2 Å². The van der Waals surface area contributed by atoms with E-state index in [4.69, 9.17) is 32.7 Å². The van der Waals surface area contributed by atoms with Gasteiger partial charge in [-0.2, -0.15) is 0 Å². The smallest absolute Gasteiger partial charge is 0.147 e. The van der Waals surface area contributed by atoms with Gasteiger partial charge in [0.05, 0.1) is 14.2 Å². The first-order chi connectivity index (χ1) is 10.0. The van der Waals surface area contributed by atoms with Crippen LogP contribution in [0.15, 0.2) is 30.3 Å². The van der Waals surface area contributed by atoms with Crippen molar-refractivity contribution in [1.82, 2.24) is 0 Å². The minimum atomic E-state index is -0.934. The van der Waals surface area contributed by atoms with E-state index in [0.29, 0.717) is 32.7 Å². The Morgan fingerprint density at radius 2 is 1.67 bits per heavy atom. The van der Waals surface area contributed by atoms with Gasteiger partial charge < -0.3 is 14.6 Å². The van der Waals surface area contributed by atoms with Crippen molar-refractivity contribution >= 4 is 23.2 Å². The van der Waals surface area contributed by atoms with Crippen LogP contribution in [0.3, 0.4) is 0 Å². The van der Waals surface area contributed by atoms with Crippen LogP contribution in [0.4, 0.5) is 0 Å². The average Bonchev–Trinajstić information content (AvgIpc) is 2.49. The molecule has 0 aromatic heterocycles. The van der Waals surface area contributed by atoms with Gasteiger partial charge in [-0.3, -0.25) is 0 Å². The topological polar surface area (TPSA) is 38.7 Å². The maximum absolute atomic E-state index is 10.6. The highest BCUT2D eigenvalue weighted by Crippen LogP contribution is 2.42. The Balaban J connectivity index is 2.56. The fourth-order valence-electron chi connectivity index (χ4n) is 2.18. The van der Waals surface area contributed by atoms with Gasteiger partial charge >= 0.3 is 0 Å². The van der Waals surface area contributed by atoms with E-state index in [1.807, 2.05) is 19.1 Å². The van der Waals surface area contributed by atoms with Gasteiger partial charge in [0.25, 0.3) is 0 Å². The predicted molar refractivity (Wildman–Crippen MR) is 84.8 cm³/mol. The first-order valence-corrected chi connectivity index (χ1v) is 7.10. The van der Waals surface area contributed by atoms with Crippen molar-refractivity contribution in [2.75, 3.05) is 14.2 Å². The molecular weight excluding hydrogens is 311 g/mol. The maximum atomic E-state index is 10.6. The van der Waals surface area contributed by atoms with Crippen LogP contribution in [0.2, 0.25) is 10.0 Å². The Morgan fingerprint density at radius 3 is 2.29 bits per heavy atom. The van der Waals surface area contributed by atoms with Crippen LogP contribution in [0, 0.1) is 6.92 Å². The zero-order chi connectivity index (χ0) is 15.6. The molecule has 112 valence electrons. The molecule has 0 amide bonds. The number of methoxy groups -OCH3 is 2. The van der Waals surface area contributed by atoms with E-state index in [2.05, 4.69) is 0 Å². The van der Waals surface area contributed by atoms with Gasteiger partial charge in [0.2, 0.25) is 0 Å². The average molecular weight is 327 g/mol. The SMILES string of the molecule is COc1ccc(C(O)c2cccc(C)c2Cl)c(OC)c1Cl. The molecule has 1 atom stereocenters. The maximum Gasteiger partial charge on any atom is 0.147 e. The molecule has 0 aliphatic rings. The molecular formula is C16H16Cl2O3. The largest absolute Gasteiger partial charge is 0.495 e. The summed E-state index contributed by atoms with van der Waals surface area (Å²) in [6.45, 7) is 1.89. The van der Waals surface area contributed by atoms with Gasteiger partial charge in [0, 0.05) is 16.1 Å². The van der Waals surface area contributed by atoms with Crippen molar-refractivity contribution in [2.45, 2.75) is 13.0 Å². The zero-order valence-electron chi connectivity index (χ0n) is 12.0. The van der Waals surface area contributed by atoms with Gasteiger partial charge in [0.1, 0.15) is 22.6 Å². The van der Waals surface area contributed by atoms with Gasteiger partial charge in [-0.1, -0.05) is 41.4 Å². The highest BCUT2D eigenvalue weighted by molar-refractivity contribution is 6.33. The third-order valence-electron chi connectivity index (χ3n) is 3.33. The summed E-state index contributed by atoms with van der Waals surface area (Å²) in [7, 11) is 3.02. The molecule has 1 unspecified atom stereocenters. The summed E-state index contributed by atoms with van der Waals surface area (Å²) in [5.41, 5.74) is 2.04. The third kappa shape index (κ3) is 2.95. The lowest BCUT2D eigenvalue weighted by molar-refractivity contribution is 0.214. The Bertz CT molecular complexity index is 656. The van der Waals surface area contributed by atoms with Crippen molar-refractivity contribution < 1.29 is 14.6 Å². The van der Waals surface area contributed by atoms with E-state index in [-0.39, 0.29) is 0 Å². The number of hydrogen-bond acceptors (Lipinski definition) is 3. The lowest BCUT2D eigenvalue weighted by Gasteiger charge is -2.19. The van der Waals surface area contributed by atoms with Crippen LogP contribution in [-0.4, -0.2) is 19.3 Å². The molecule has 2 aromatic rings. The molecule has 21 heavy (non-hydrogen) atoms. The number of aliphatic hydroxyl groups is 1. The summed E-state index contributed by atoms with van der Waals surface area (Å²) in [4.78, 5) is 0. The van der Waals surface area contributed by atoms with Crippen molar-refractivity contribution in [3.63, 3.8) is 0 Å². The molecule has 0 bridgehead atoms. The molecule has 3 nitrogen and oxygen atoms in total. The Kier molecular flexibility index (Phi) is 4.99. The molecule has 0 spiro atoms. The summed E-state index contributed by atoms with van der Waals surface area (Å²) < 4.78 is 10.5. The van der Waals surface area contributed by atoms with Gasteiger partial charge in [0.15, 0.2) is 0 Å². The van der Waals surface area contributed by atoms with E-state index in [1.54, 1.807) is 18.2 Å². The predicted octanol–water partition coefficient (Wildman–Crippen LogP) is 4.40. The van der Waals surface area contributed by atoms with Crippen LogP contribution in [0.1, 0.15) is 22.8 Å². The monoisotopic (exact) mass is 326 g/mol. The molecule has 1 N–H and O–H groups in total. The molecule has 2 aromatic carbocycles. The number of aliphatic hydroxyl groups excluding tert-OH is 1. The summed E-state index contributed by atoms with van der Waals surface area (Å²) >= 11 is 12.5. The summed E-state index contributed by atoms with van der Waals surface area (Å²) in [5, 5.41) is 11.5. The summed E-state index contributed by atoms with van der Waals surface area (Å²) in [6, 6.07) is 8.91. The molecule has 0 heterocycles. The van der Waals surface area contributed by atoms with E-state index >= 15 is 0 Å². The second-order valence-electron chi connectivity index (χ2n) is 4.58. The minimum absolute atomic E-state index is 0.320. The van der Waals surface area contributed by atoms with Crippen LogP contribution in [0.5, 0.6) is 11.5 Å². The first kappa shape index (κ1) is 16.0. The Morgan fingerprint density at radius 1 is 0.952 bits per heavy atom. The number of halogens is 2. The molecule has 0 saturated carbocycles. The Hall–Kier alpha value is -1.42. The van der Waals surface area contributed by atoms with Crippen LogP contribution in [-0.2, 0) is 0 Å². The summed E-state index contributed by atoms with van der Waals surface area (Å²) in [5.74, 6) is 0.862. The van der Waals surface area contributed by atoms with Crippen molar-refractivity contribution in [1.29, 1.82) is 0 Å². The lowest BCUT2D eigenvalue weighted by Crippen LogP contribution is -2.05. The number of aryl methyl sites for hydroxylation is 1. The number of benzene rings is 2. The van der Waals surface area contributed by atoms with E-state index in [0.717, 1.165) is 5.56 Å². The number of hydrogen-bond donors (Lipinski definition) is 1. The third-order valence-corrected chi connectivity index (χ3v) is 4.20. The van der Waals surface area contributed by atoms with E-state index < -0.39 is 6.10 Å². The second kappa shape index (κ2) is 6.56. The zero-order valence-corrected chi connectivity index (χ0v) is 13.5. The minimum Gasteiger partial charge on any atom is -0.495 e. The fraction of sp³-hybridized carbons (Fsp3) is 0.250. The normalized spacial score (nSPS) is 12.1. The molecule has 5 heteroatoms. The van der Waals surface area contributed by atoms with Gasteiger partial charge in [-0.25, -0.2) is 0 Å². The van der Waals surface area contributed by atoms with Gasteiger partial charge in [-0.05, 0) is 24.6 Å². The first-order valence-electron chi connectivity index (χ1n) is 6.34. The number of rotatable bonds is 4. The molecule has 0 radical (unpaired) electrons. The Labute approximate surface area is 134 Å². The van der Waals surface area contributed by atoms with Crippen molar-refractivity contribution in [3.8, 4) is 11.5 Å². The van der Waals surface area contributed by atoms with Crippen LogP contribution in [0.25, 0.3) is 0 Å². The molecule has 0 aliphatic carbocycles. The standard InChI is InChI=1S/C16H16Cl2O3/c1-9-5-4-6-10(13(9)17)15(19)11-7-8-12(20-2)14(18)16(11)21-3/h4-8,15,19H,1-3H3. The molecule has 2 rings (SSSR count). The lowest BCUT2D eigenvalue weighted by atomic mass is 9.99. The van der Waals surface area contributed by atoms with Crippen LogP contribution < -0.4 is 9.47 Å². The molecule has 0 fully saturated rings. The highest BCUT2D eigenvalue weighted by atomic mass is 35.5. The molecule has 0 saturated heterocycles. The second-order valence-corrected chi connectivity index (χ2v) is 5.34. The highest BCUT2D eigenvalue weighted by Gasteiger charge is 2.22. The fourth-order valence-corrected chi connectivity index (χ4v) is 2.74. The van der Waals surface area contributed by atoms with Crippen molar-refractivity contribution in [3.05, 3.63) is 57.1 Å². The van der Waals surface area contributed by atoms with Crippen LogP contribution >= 0.6 is 23.2 Å². The molecule has 0 aliphatic heterocycles.